The van der Waals surface area contributed by atoms with Crippen LogP contribution in [0.25, 0.3) is 0 Å². The number of nitrogens with one attached hydrogen (secondary N) is 1. The summed E-state index contributed by atoms with van der Waals surface area (Å²) < 4.78 is 0. The first-order valence-electron chi connectivity index (χ1n) is 5.78. The quantitative estimate of drug-likeness (QED) is 0.712. The van der Waals surface area contributed by atoms with E-state index in [1.165, 1.54) is 6.42 Å². The first-order valence-corrected chi connectivity index (χ1v) is 5.78. The number of hydrogen-bond acceptors (Lipinski definition) is 2. The average Bonchev–Trinajstić information content (AvgIpc) is 2.60. The second-order valence-corrected chi connectivity index (χ2v) is 4.79. The van der Waals surface area contributed by atoms with Crippen molar-refractivity contribution in [3.05, 3.63) is 0 Å². The minimum Gasteiger partial charge on any atom is -0.353 e. The number of carbonyl (C=O) groups is 1. The van der Waals surface area contributed by atoms with Crippen molar-refractivity contribution in [2.24, 2.45) is 11.1 Å². The Bertz CT molecular complexity index is 217. The summed E-state index contributed by atoms with van der Waals surface area (Å²) in [4.78, 5) is 12.0. The molecule has 2 aliphatic carbocycles. The van der Waals surface area contributed by atoms with Crippen LogP contribution in [0.5, 0.6) is 0 Å². The van der Waals surface area contributed by atoms with Crippen molar-refractivity contribution in [1.29, 1.82) is 0 Å². The second kappa shape index (κ2) is 3.89. The largest absolute Gasteiger partial charge is 0.353 e. The van der Waals surface area contributed by atoms with Gasteiger partial charge in [-0.2, -0.15) is 0 Å². The smallest absolute Gasteiger partial charge is 0.227 e. The molecular formula is C11H20N2O. The number of carbonyl (C=O) groups excluding carboxylic acids is 1. The summed E-state index contributed by atoms with van der Waals surface area (Å²) in [7, 11) is 0. The molecule has 80 valence electrons. The van der Waals surface area contributed by atoms with E-state index >= 15 is 0 Å². The second-order valence-electron chi connectivity index (χ2n) is 4.79. The monoisotopic (exact) mass is 196 g/mol. The molecule has 0 aromatic rings. The summed E-state index contributed by atoms with van der Waals surface area (Å²) in [5.74, 6) is 0.224. The van der Waals surface area contributed by atoms with E-state index in [0.29, 0.717) is 12.6 Å². The van der Waals surface area contributed by atoms with Gasteiger partial charge in [0.15, 0.2) is 0 Å². The van der Waals surface area contributed by atoms with Crippen LogP contribution in [0.4, 0.5) is 0 Å². The molecule has 0 heterocycles. The molecule has 2 aliphatic rings. The summed E-state index contributed by atoms with van der Waals surface area (Å²) in [6, 6.07) is 0.450. The Kier molecular flexibility index (Phi) is 2.77. The molecule has 0 saturated heterocycles. The summed E-state index contributed by atoms with van der Waals surface area (Å²) in [5.41, 5.74) is 5.53. The molecule has 3 heteroatoms. The molecule has 0 unspecified atom stereocenters. The Balaban J connectivity index is 1.92. The Morgan fingerprint density at radius 1 is 1.29 bits per heavy atom. The predicted octanol–water partition coefficient (Wildman–Crippen LogP) is 1.17. The maximum absolute atomic E-state index is 12.0. The molecule has 0 aliphatic heterocycles. The highest BCUT2D eigenvalue weighted by atomic mass is 16.2. The van der Waals surface area contributed by atoms with Crippen molar-refractivity contribution in [1.82, 2.24) is 5.32 Å². The summed E-state index contributed by atoms with van der Waals surface area (Å²) in [6.07, 6.45) is 7.88. The highest BCUT2D eigenvalue weighted by Crippen LogP contribution is 2.37. The van der Waals surface area contributed by atoms with E-state index in [0.717, 1.165) is 38.5 Å². The van der Waals surface area contributed by atoms with Gasteiger partial charge in [-0.15, -0.1) is 0 Å². The van der Waals surface area contributed by atoms with Gasteiger partial charge in [0.25, 0.3) is 0 Å². The lowest BCUT2D eigenvalue weighted by Crippen LogP contribution is -2.49. The lowest BCUT2D eigenvalue weighted by Gasteiger charge is -2.32. The summed E-state index contributed by atoms with van der Waals surface area (Å²) in [6.45, 7) is 0.519. The fourth-order valence-electron chi connectivity index (χ4n) is 2.47. The average molecular weight is 196 g/mol. The van der Waals surface area contributed by atoms with Crippen molar-refractivity contribution in [2.75, 3.05) is 6.54 Å². The minimum absolute atomic E-state index is 0.213. The van der Waals surface area contributed by atoms with Gasteiger partial charge >= 0.3 is 0 Å². The van der Waals surface area contributed by atoms with Crippen LogP contribution in [-0.2, 0) is 4.79 Å². The maximum atomic E-state index is 12.0. The van der Waals surface area contributed by atoms with E-state index in [1.54, 1.807) is 0 Å². The van der Waals surface area contributed by atoms with E-state index in [2.05, 4.69) is 5.32 Å². The van der Waals surface area contributed by atoms with Crippen LogP contribution in [0.3, 0.4) is 0 Å². The number of hydrogen-bond donors (Lipinski definition) is 2. The zero-order chi connectivity index (χ0) is 10.0. The van der Waals surface area contributed by atoms with Crippen LogP contribution in [0.1, 0.15) is 44.9 Å². The van der Waals surface area contributed by atoms with Crippen LogP contribution >= 0.6 is 0 Å². The Morgan fingerprint density at radius 2 is 1.93 bits per heavy atom. The molecule has 1 amide bonds. The molecule has 2 rings (SSSR count). The molecule has 14 heavy (non-hydrogen) atoms. The van der Waals surface area contributed by atoms with Gasteiger partial charge in [0.05, 0.1) is 5.41 Å². The lowest BCUT2D eigenvalue weighted by atomic mass is 9.83. The van der Waals surface area contributed by atoms with Crippen LogP contribution in [0.15, 0.2) is 0 Å². The molecule has 3 N–H and O–H groups in total. The fraction of sp³-hybridized carbons (Fsp3) is 0.909. The van der Waals surface area contributed by atoms with Gasteiger partial charge in [-0.3, -0.25) is 4.79 Å². The van der Waals surface area contributed by atoms with Crippen molar-refractivity contribution in [2.45, 2.75) is 51.0 Å². The Hall–Kier alpha value is -0.570. The van der Waals surface area contributed by atoms with Gasteiger partial charge in [-0.25, -0.2) is 0 Å². The number of rotatable bonds is 3. The highest BCUT2D eigenvalue weighted by Gasteiger charge is 2.40. The van der Waals surface area contributed by atoms with Gasteiger partial charge in [0.1, 0.15) is 0 Å². The van der Waals surface area contributed by atoms with E-state index in [-0.39, 0.29) is 11.3 Å². The fourth-order valence-corrected chi connectivity index (χ4v) is 2.47. The molecule has 0 aromatic heterocycles. The van der Waals surface area contributed by atoms with Gasteiger partial charge in [0, 0.05) is 12.6 Å². The third kappa shape index (κ3) is 1.65. The maximum Gasteiger partial charge on any atom is 0.227 e. The molecule has 0 atom stereocenters. The first-order chi connectivity index (χ1) is 6.77. The number of amides is 1. The topological polar surface area (TPSA) is 55.1 Å². The van der Waals surface area contributed by atoms with Gasteiger partial charge in [-0.1, -0.05) is 12.8 Å². The SMILES string of the molecule is NCC1(C(=O)NC2CCC2)CCCC1. The standard InChI is InChI=1S/C11H20N2O/c12-8-11(6-1-2-7-11)10(14)13-9-4-3-5-9/h9H,1-8,12H2,(H,13,14). The van der Waals surface area contributed by atoms with Gasteiger partial charge in [-0.05, 0) is 32.1 Å². The van der Waals surface area contributed by atoms with Crippen LogP contribution in [-0.4, -0.2) is 18.5 Å². The molecule has 0 aromatic carbocycles. The first kappa shape index (κ1) is 9.97. The minimum atomic E-state index is -0.213. The van der Waals surface area contributed by atoms with Gasteiger partial charge in [0.2, 0.25) is 5.91 Å². The Morgan fingerprint density at radius 3 is 2.36 bits per heavy atom. The van der Waals surface area contributed by atoms with Crippen molar-refractivity contribution in [3.63, 3.8) is 0 Å². The molecule has 0 bridgehead atoms. The zero-order valence-electron chi connectivity index (χ0n) is 8.72. The Labute approximate surface area is 85.4 Å². The molecular weight excluding hydrogens is 176 g/mol. The third-order valence-corrected chi connectivity index (χ3v) is 3.87. The number of nitrogens with two attached hydrogens (primary N) is 1. The predicted molar refractivity (Wildman–Crippen MR) is 55.7 cm³/mol. The van der Waals surface area contributed by atoms with Crippen molar-refractivity contribution in [3.8, 4) is 0 Å². The normalized spacial score (nSPS) is 25.8. The van der Waals surface area contributed by atoms with Crippen molar-refractivity contribution < 1.29 is 4.79 Å². The van der Waals surface area contributed by atoms with E-state index in [1.807, 2.05) is 0 Å². The van der Waals surface area contributed by atoms with E-state index in [4.69, 9.17) is 5.73 Å². The summed E-state index contributed by atoms with van der Waals surface area (Å²) >= 11 is 0. The molecule has 3 nitrogen and oxygen atoms in total. The zero-order valence-corrected chi connectivity index (χ0v) is 8.72. The van der Waals surface area contributed by atoms with Crippen LogP contribution in [0, 0.1) is 5.41 Å². The molecule has 2 saturated carbocycles. The van der Waals surface area contributed by atoms with Crippen LogP contribution < -0.4 is 11.1 Å². The van der Waals surface area contributed by atoms with Crippen molar-refractivity contribution >= 4 is 5.91 Å². The van der Waals surface area contributed by atoms with E-state index in [9.17, 15) is 4.79 Å². The van der Waals surface area contributed by atoms with Gasteiger partial charge < -0.3 is 11.1 Å². The van der Waals surface area contributed by atoms with E-state index < -0.39 is 0 Å². The lowest BCUT2D eigenvalue weighted by molar-refractivity contribution is -0.131. The molecule has 0 radical (unpaired) electrons. The summed E-state index contributed by atoms with van der Waals surface area (Å²) in [5, 5.41) is 3.13. The highest BCUT2D eigenvalue weighted by molar-refractivity contribution is 5.83. The van der Waals surface area contributed by atoms with Crippen LogP contribution in [0.2, 0.25) is 0 Å². The molecule has 2 fully saturated rings. The molecule has 0 spiro atoms. The third-order valence-electron chi connectivity index (χ3n) is 3.87.